The molecule has 1 aliphatic heterocycles. The van der Waals surface area contributed by atoms with Crippen molar-refractivity contribution in [2.24, 2.45) is 7.05 Å². The number of ether oxygens (including phenoxy) is 2. The van der Waals surface area contributed by atoms with Crippen LogP contribution in [0.4, 0.5) is 5.69 Å². The van der Waals surface area contributed by atoms with Gasteiger partial charge in [-0.2, -0.15) is 0 Å². The minimum atomic E-state index is -0.461. The molecule has 5 aromatic rings. The third-order valence-electron chi connectivity index (χ3n) is 8.74. The van der Waals surface area contributed by atoms with Crippen LogP contribution in [-0.2, 0) is 26.4 Å². The fourth-order valence-corrected chi connectivity index (χ4v) is 6.03. The lowest BCUT2D eigenvalue weighted by molar-refractivity contribution is 0.102. The zero-order valence-electron chi connectivity index (χ0n) is 27.7. The lowest BCUT2D eigenvalue weighted by atomic mass is 9.98. The van der Waals surface area contributed by atoms with Gasteiger partial charge in [0, 0.05) is 37.9 Å². The van der Waals surface area contributed by atoms with E-state index < -0.39 is 11.1 Å². The summed E-state index contributed by atoms with van der Waals surface area (Å²) in [5.74, 6) is 1.28. The topological polar surface area (TPSA) is 126 Å². The first-order valence-corrected chi connectivity index (χ1v) is 16.0. The second-order valence-electron chi connectivity index (χ2n) is 12.0. The number of anilines is 1. The number of phenolic OH excluding ortho intramolecular Hbond substituents is 1. The van der Waals surface area contributed by atoms with Gasteiger partial charge in [-0.3, -0.25) is 19.3 Å². The predicted octanol–water partition coefficient (Wildman–Crippen LogP) is 3.31. The van der Waals surface area contributed by atoms with Gasteiger partial charge >= 0.3 is 0 Å². The van der Waals surface area contributed by atoms with Crippen molar-refractivity contribution in [2.75, 3.05) is 32.6 Å². The molecule has 3 N–H and O–H groups in total. The summed E-state index contributed by atoms with van der Waals surface area (Å²) in [5.41, 5.74) is 5.11. The number of methoxy groups -OCH3 is 2. The number of nitrogens with one attached hydrogen (secondary N) is 2. The molecule has 1 aliphatic rings. The molecule has 6 rings (SSSR count). The van der Waals surface area contributed by atoms with Crippen LogP contribution in [0.5, 0.6) is 17.2 Å². The van der Waals surface area contributed by atoms with Crippen LogP contribution in [0, 0.1) is 0 Å². The molecule has 10 nitrogen and oxygen atoms in total. The maximum Gasteiger partial charge on any atom is 0.274 e. The van der Waals surface area contributed by atoms with Crippen LogP contribution in [0.2, 0.25) is 0 Å². The Hall–Kier alpha value is -5.87. The lowest BCUT2D eigenvalue weighted by Crippen LogP contribution is -2.52. The maximum absolute atomic E-state index is 13.1. The summed E-state index contributed by atoms with van der Waals surface area (Å²) in [6.45, 7) is 2.74. The first kappa shape index (κ1) is 33.0. The van der Waals surface area contributed by atoms with Crippen molar-refractivity contribution in [3.05, 3.63) is 150 Å². The number of aromatic hydroxyl groups is 1. The highest BCUT2D eigenvalue weighted by molar-refractivity contribution is 6.04. The summed E-state index contributed by atoms with van der Waals surface area (Å²) < 4.78 is 12.2. The van der Waals surface area contributed by atoms with E-state index in [4.69, 9.17) is 9.47 Å². The van der Waals surface area contributed by atoms with Gasteiger partial charge in [0.1, 0.15) is 16.4 Å². The van der Waals surface area contributed by atoms with E-state index in [-0.39, 0.29) is 22.4 Å². The van der Waals surface area contributed by atoms with E-state index in [1.54, 1.807) is 56.7 Å². The lowest BCUT2D eigenvalue weighted by Gasteiger charge is -2.29. The van der Waals surface area contributed by atoms with E-state index in [1.807, 2.05) is 24.3 Å². The molecule has 0 fully saturated rings. The van der Waals surface area contributed by atoms with Crippen molar-refractivity contribution in [3.8, 4) is 17.2 Å². The highest BCUT2D eigenvalue weighted by Crippen LogP contribution is 2.33. The van der Waals surface area contributed by atoms with Gasteiger partial charge < -0.3 is 29.4 Å². The van der Waals surface area contributed by atoms with Gasteiger partial charge in [-0.05, 0) is 101 Å². The molecule has 0 atom stereocenters. The number of aromatic nitrogens is 2. The molecule has 0 unspecified atom stereocenters. The summed E-state index contributed by atoms with van der Waals surface area (Å²) in [6, 6.07) is 25.2. The van der Waals surface area contributed by atoms with Gasteiger partial charge in [-0.15, -0.1) is 0 Å². The molecule has 0 saturated heterocycles. The van der Waals surface area contributed by atoms with Crippen LogP contribution in [0.25, 0.3) is 12.2 Å². The number of carbonyl (C=O) groups is 1. The first-order chi connectivity index (χ1) is 23.7. The van der Waals surface area contributed by atoms with Gasteiger partial charge in [0.25, 0.3) is 17.0 Å². The van der Waals surface area contributed by atoms with Gasteiger partial charge in [0.2, 0.25) is 0 Å². The van der Waals surface area contributed by atoms with Gasteiger partial charge in [-0.1, -0.05) is 36.4 Å². The standard InChI is InChI=1S/C39H38N4O6/c1-42-34(21-27-7-5-9-32(44)19-27)38(46)41-33(39(42)47)20-26-6-4-8-29(18-26)37(45)40-31-12-10-25(11-13-31)14-16-43-17-15-28-22-35(48-2)36(49-3)23-30(28)24-43/h4-13,18-23,44H,14-17,24H2,1-3H3,(H,40,45)(H,41,46)/b33-20-,34-21-. The summed E-state index contributed by atoms with van der Waals surface area (Å²) >= 11 is 0. The number of aromatic amines is 1. The normalized spacial score (nSPS) is 13.6. The monoisotopic (exact) mass is 658 g/mol. The average Bonchev–Trinajstić information content (AvgIpc) is 3.11. The van der Waals surface area contributed by atoms with Crippen molar-refractivity contribution >= 4 is 23.7 Å². The molecule has 1 aromatic heterocycles. The number of nitrogens with zero attached hydrogens (tertiary/aromatic N) is 2. The van der Waals surface area contributed by atoms with Crippen molar-refractivity contribution in [2.45, 2.75) is 19.4 Å². The van der Waals surface area contributed by atoms with Crippen LogP contribution in [0.1, 0.15) is 38.2 Å². The smallest absolute Gasteiger partial charge is 0.274 e. The van der Waals surface area contributed by atoms with Crippen LogP contribution in [0.15, 0.2) is 94.5 Å². The quantitative estimate of drug-likeness (QED) is 0.222. The number of amides is 1. The molecule has 0 spiro atoms. The van der Waals surface area contributed by atoms with E-state index in [2.05, 4.69) is 27.3 Å². The molecular formula is C39H38N4O6. The van der Waals surface area contributed by atoms with Crippen LogP contribution in [-0.4, -0.2) is 52.8 Å². The van der Waals surface area contributed by atoms with Gasteiger partial charge in [-0.25, -0.2) is 0 Å². The van der Waals surface area contributed by atoms with E-state index in [9.17, 15) is 19.5 Å². The van der Waals surface area contributed by atoms with E-state index in [0.29, 0.717) is 22.4 Å². The molecule has 10 heteroatoms. The zero-order valence-corrected chi connectivity index (χ0v) is 27.7. The summed E-state index contributed by atoms with van der Waals surface area (Å²) in [5, 5.41) is 12.9. The van der Waals surface area contributed by atoms with Crippen molar-refractivity contribution in [3.63, 3.8) is 0 Å². The largest absolute Gasteiger partial charge is 0.508 e. The predicted molar refractivity (Wildman–Crippen MR) is 190 cm³/mol. The third-order valence-corrected chi connectivity index (χ3v) is 8.74. The number of benzene rings is 4. The fraction of sp³-hybridized carbons (Fsp3) is 0.205. The van der Waals surface area contributed by atoms with Crippen molar-refractivity contribution in [1.82, 2.24) is 14.5 Å². The van der Waals surface area contributed by atoms with Crippen LogP contribution in [0.3, 0.4) is 0 Å². The van der Waals surface area contributed by atoms with Crippen LogP contribution >= 0.6 is 0 Å². The minimum Gasteiger partial charge on any atom is -0.508 e. The molecule has 250 valence electrons. The third kappa shape index (κ3) is 7.66. The first-order valence-electron chi connectivity index (χ1n) is 16.0. The SMILES string of the molecule is COc1cc2c(cc1OC)CN(CCc1ccc(NC(=O)c3cccc(/C=c4\[nH]c(=O)/c(=C/c5cccc(O)c5)n(C)c4=O)c3)cc1)CC2. The molecule has 0 radical (unpaired) electrons. The molecule has 4 aromatic carbocycles. The molecule has 1 amide bonds. The molecule has 2 heterocycles. The molecule has 0 saturated carbocycles. The molecular weight excluding hydrogens is 620 g/mol. The number of hydrogen-bond donors (Lipinski definition) is 3. The maximum atomic E-state index is 13.1. The number of H-pyrrole nitrogens is 1. The second kappa shape index (κ2) is 14.5. The van der Waals surface area contributed by atoms with E-state index >= 15 is 0 Å². The number of phenols is 1. The van der Waals surface area contributed by atoms with E-state index in [1.165, 1.54) is 46.5 Å². The average molecular weight is 659 g/mol. The fourth-order valence-electron chi connectivity index (χ4n) is 6.03. The highest BCUT2D eigenvalue weighted by Gasteiger charge is 2.19. The Labute approximate surface area is 283 Å². The zero-order chi connectivity index (χ0) is 34.5. The summed E-state index contributed by atoms with van der Waals surface area (Å²) in [7, 11) is 4.83. The Morgan fingerprint density at radius 3 is 2.31 bits per heavy atom. The number of fused-ring (bicyclic) bond motifs is 1. The number of hydrogen-bond acceptors (Lipinski definition) is 7. The Morgan fingerprint density at radius 1 is 0.898 bits per heavy atom. The molecule has 49 heavy (non-hydrogen) atoms. The summed E-state index contributed by atoms with van der Waals surface area (Å²) in [4.78, 5) is 44.3. The Bertz CT molecular complexity index is 2260. The number of rotatable bonds is 9. The van der Waals surface area contributed by atoms with Crippen molar-refractivity contribution in [1.29, 1.82) is 0 Å². The van der Waals surface area contributed by atoms with Crippen molar-refractivity contribution < 1.29 is 19.4 Å². The minimum absolute atomic E-state index is 0.0563. The summed E-state index contributed by atoms with van der Waals surface area (Å²) in [6.07, 6.45) is 4.92. The Kier molecular flexibility index (Phi) is 9.77. The highest BCUT2D eigenvalue weighted by atomic mass is 16.5. The Morgan fingerprint density at radius 2 is 1.59 bits per heavy atom. The van der Waals surface area contributed by atoms with Gasteiger partial charge in [0.05, 0.1) is 14.2 Å². The number of carbonyl (C=O) groups excluding carboxylic acids is 1. The van der Waals surface area contributed by atoms with Crippen LogP contribution < -0.4 is 36.6 Å². The Balaban J connectivity index is 1.10. The molecule has 0 aliphatic carbocycles. The molecule has 0 bridgehead atoms. The van der Waals surface area contributed by atoms with E-state index in [0.717, 1.165) is 44.0 Å². The second-order valence-corrected chi connectivity index (χ2v) is 12.0. The van der Waals surface area contributed by atoms with Gasteiger partial charge in [0.15, 0.2) is 11.5 Å².